The number of rotatable bonds is 4. The van der Waals surface area contributed by atoms with Crippen LogP contribution in [0.15, 0.2) is 4.52 Å². The summed E-state index contributed by atoms with van der Waals surface area (Å²) in [6.45, 7) is 4.31. The topological polar surface area (TPSA) is 64.9 Å². The summed E-state index contributed by atoms with van der Waals surface area (Å²) in [6.07, 6.45) is 9.07. The zero-order valence-corrected chi connectivity index (χ0v) is 11.6. The summed E-state index contributed by atoms with van der Waals surface area (Å²) in [5.74, 6) is 1.81. The Hall–Kier alpha value is -0.900. The molecule has 2 rings (SSSR count). The highest BCUT2D eigenvalue weighted by Gasteiger charge is 2.33. The van der Waals surface area contributed by atoms with E-state index >= 15 is 0 Å². The summed E-state index contributed by atoms with van der Waals surface area (Å²) in [5.41, 5.74) is 6.13. The van der Waals surface area contributed by atoms with Gasteiger partial charge in [-0.05, 0) is 19.3 Å². The van der Waals surface area contributed by atoms with Gasteiger partial charge in [-0.2, -0.15) is 4.98 Å². The second kappa shape index (κ2) is 5.83. The molecule has 1 aliphatic carbocycles. The molecule has 0 aromatic carbocycles. The van der Waals surface area contributed by atoms with Crippen LogP contribution in [0.2, 0.25) is 0 Å². The summed E-state index contributed by atoms with van der Waals surface area (Å²) in [7, 11) is 0. The van der Waals surface area contributed by atoms with Crippen LogP contribution in [0.3, 0.4) is 0 Å². The predicted octanol–water partition coefficient (Wildman–Crippen LogP) is 3.48. The van der Waals surface area contributed by atoms with Crippen molar-refractivity contribution in [2.75, 3.05) is 0 Å². The van der Waals surface area contributed by atoms with Crippen LogP contribution in [0.1, 0.15) is 82.8 Å². The molecule has 0 radical (unpaired) electrons. The number of hydrogen-bond donors (Lipinski definition) is 1. The highest BCUT2D eigenvalue weighted by molar-refractivity contribution is 5.06. The monoisotopic (exact) mass is 251 g/mol. The molecule has 4 heteroatoms. The summed E-state index contributed by atoms with van der Waals surface area (Å²) in [4.78, 5) is 4.56. The van der Waals surface area contributed by atoms with Crippen LogP contribution in [-0.4, -0.2) is 10.1 Å². The normalized spacial score (nSPS) is 21.5. The molecule has 1 unspecified atom stereocenters. The van der Waals surface area contributed by atoms with Gasteiger partial charge < -0.3 is 10.3 Å². The Morgan fingerprint density at radius 1 is 1.28 bits per heavy atom. The molecule has 4 nitrogen and oxygen atoms in total. The van der Waals surface area contributed by atoms with Gasteiger partial charge in [-0.3, -0.25) is 0 Å². The molecule has 1 atom stereocenters. The van der Waals surface area contributed by atoms with Crippen molar-refractivity contribution < 1.29 is 4.52 Å². The SMILES string of the molecule is CCCC(C)c1nc(C2(N)CCCCCC2)no1. The van der Waals surface area contributed by atoms with Crippen molar-refractivity contribution in [3.8, 4) is 0 Å². The largest absolute Gasteiger partial charge is 0.339 e. The molecule has 2 N–H and O–H groups in total. The highest BCUT2D eigenvalue weighted by Crippen LogP contribution is 2.32. The van der Waals surface area contributed by atoms with Crippen molar-refractivity contribution in [1.29, 1.82) is 0 Å². The third kappa shape index (κ3) is 2.91. The average Bonchev–Trinajstić information content (AvgIpc) is 2.75. The molecule has 0 amide bonds. The second-order valence-electron chi connectivity index (χ2n) is 5.72. The molecule has 18 heavy (non-hydrogen) atoms. The molecule has 1 aliphatic rings. The van der Waals surface area contributed by atoms with Gasteiger partial charge in [-0.25, -0.2) is 0 Å². The van der Waals surface area contributed by atoms with E-state index in [-0.39, 0.29) is 5.54 Å². The van der Waals surface area contributed by atoms with Gasteiger partial charge >= 0.3 is 0 Å². The van der Waals surface area contributed by atoms with Gasteiger partial charge in [0.05, 0.1) is 5.54 Å². The molecule has 1 saturated carbocycles. The molecule has 1 aromatic rings. The van der Waals surface area contributed by atoms with E-state index in [2.05, 4.69) is 24.0 Å². The Kier molecular flexibility index (Phi) is 4.38. The van der Waals surface area contributed by atoms with Crippen LogP contribution in [0.25, 0.3) is 0 Å². The first-order valence-corrected chi connectivity index (χ1v) is 7.28. The third-order valence-electron chi connectivity index (χ3n) is 4.03. The van der Waals surface area contributed by atoms with Gasteiger partial charge in [-0.1, -0.05) is 51.1 Å². The van der Waals surface area contributed by atoms with Crippen molar-refractivity contribution in [3.63, 3.8) is 0 Å². The van der Waals surface area contributed by atoms with Gasteiger partial charge in [0, 0.05) is 5.92 Å². The van der Waals surface area contributed by atoms with Gasteiger partial charge in [-0.15, -0.1) is 0 Å². The second-order valence-corrected chi connectivity index (χ2v) is 5.72. The summed E-state index contributed by atoms with van der Waals surface area (Å²) in [5, 5.41) is 4.15. The standard InChI is InChI=1S/C14H25N3O/c1-3-8-11(2)12-16-13(17-18-12)14(15)9-6-4-5-7-10-14/h11H,3-10,15H2,1-2H3. The first-order chi connectivity index (χ1) is 8.65. The molecule has 0 spiro atoms. The van der Waals surface area contributed by atoms with Crippen molar-refractivity contribution in [3.05, 3.63) is 11.7 Å². The molecule has 0 saturated heterocycles. The van der Waals surface area contributed by atoms with Gasteiger partial charge in [0.25, 0.3) is 0 Å². The molecule has 1 fully saturated rings. The summed E-state index contributed by atoms with van der Waals surface area (Å²) < 4.78 is 5.40. The maximum atomic E-state index is 6.48. The molecule has 0 aliphatic heterocycles. The minimum atomic E-state index is -0.357. The zero-order valence-electron chi connectivity index (χ0n) is 11.6. The van der Waals surface area contributed by atoms with Crippen LogP contribution < -0.4 is 5.73 Å². The fourth-order valence-corrected chi connectivity index (χ4v) is 2.78. The smallest absolute Gasteiger partial charge is 0.229 e. The minimum Gasteiger partial charge on any atom is -0.339 e. The van der Waals surface area contributed by atoms with Gasteiger partial charge in [0.1, 0.15) is 0 Å². The van der Waals surface area contributed by atoms with Crippen molar-refractivity contribution in [2.24, 2.45) is 5.73 Å². The van der Waals surface area contributed by atoms with Crippen LogP contribution in [0.4, 0.5) is 0 Å². The van der Waals surface area contributed by atoms with Crippen LogP contribution >= 0.6 is 0 Å². The molecule has 102 valence electrons. The Morgan fingerprint density at radius 2 is 1.94 bits per heavy atom. The molecule has 1 aromatic heterocycles. The van der Waals surface area contributed by atoms with Crippen molar-refractivity contribution in [1.82, 2.24) is 10.1 Å². The lowest BCUT2D eigenvalue weighted by Gasteiger charge is -2.23. The first kappa shape index (κ1) is 13.5. The third-order valence-corrected chi connectivity index (χ3v) is 4.03. The summed E-state index contributed by atoms with van der Waals surface area (Å²) in [6, 6.07) is 0. The maximum Gasteiger partial charge on any atom is 0.229 e. The lowest BCUT2D eigenvalue weighted by atomic mass is 9.91. The van der Waals surface area contributed by atoms with E-state index in [1.807, 2.05) is 0 Å². The maximum absolute atomic E-state index is 6.48. The number of hydrogen-bond acceptors (Lipinski definition) is 4. The van der Waals surface area contributed by atoms with E-state index in [0.717, 1.165) is 37.4 Å². The number of nitrogens with zero attached hydrogens (tertiary/aromatic N) is 2. The Morgan fingerprint density at radius 3 is 2.56 bits per heavy atom. The quantitative estimate of drug-likeness (QED) is 0.832. The first-order valence-electron chi connectivity index (χ1n) is 7.28. The van der Waals surface area contributed by atoms with Crippen molar-refractivity contribution in [2.45, 2.75) is 76.7 Å². The molecular weight excluding hydrogens is 226 g/mol. The fourth-order valence-electron chi connectivity index (χ4n) is 2.78. The van der Waals surface area contributed by atoms with Crippen LogP contribution in [-0.2, 0) is 5.54 Å². The van der Waals surface area contributed by atoms with E-state index < -0.39 is 0 Å². The van der Waals surface area contributed by atoms with Gasteiger partial charge in [0.15, 0.2) is 5.82 Å². The van der Waals surface area contributed by atoms with Crippen LogP contribution in [0, 0.1) is 0 Å². The average molecular weight is 251 g/mol. The molecular formula is C14H25N3O. The predicted molar refractivity (Wildman–Crippen MR) is 71.2 cm³/mol. The fraction of sp³-hybridized carbons (Fsp3) is 0.857. The highest BCUT2D eigenvalue weighted by atomic mass is 16.5. The van der Waals surface area contributed by atoms with Gasteiger partial charge in [0.2, 0.25) is 5.89 Å². The Labute approximate surface area is 109 Å². The van der Waals surface area contributed by atoms with E-state index in [0.29, 0.717) is 5.92 Å². The van der Waals surface area contributed by atoms with E-state index in [9.17, 15) is 0 Å². The zero-order chi connectivity index (χ0) is 13.0. The van der Waals surface area contributed by atoms with E-state index in [1.165, 1.54) is 25.7 Å². The summed E-state index contributed by atoms with van der Waals surface area (Å²) >= 11 is 0. The van der Waals surface area contributed by atoms with E-state index in [1.54, 1.807) is 0 Å². The Bertz CT molecular complexity index is 367. The Balaban J connectivity index is 2.12. The lowest BCUT2D eigenvalue weighted by Crippen LogP contribution is -2.37. The van der Waals surface area contributed by atoms with Crippen molar-refractivity contribution >= 4 is 0 Å². The minimum absolute atomic E-state index is 0.339. The lowest BCUT2D eigenvalue weighted by molar-refractivity contribution is 0.317. The van der Waals surface area contributed by atoms with Crippen LogP contribution in [0.5, 0.6) is 0 Å². The molecule has 1 heterocycles. The molecule has 0 bridgehead atoms. The number of aromatic nitrogens is 2. The number of nitrogens with two attached hydrogens (primary N) is 1. The van der Waals surface area contributed by atoms with E-state index in [4.69, 9.17) is 10.3 Å².